The number of rotatable bonds is 10. The van der Waals surface area contributed by atoms with Gasteiger partial charge < -0.3 is 57.3 Å². The van der Waals surface area contributed by atoms with E-state index in [1.807, 2.05) is 0 Å². The van der Waals surface area contributed by atoms with Crippen LogP contribution in [0.4, 0.5) is 9.59 Å². The van der Waals surface area contributed by atoms with Crippen LogP contribution < -0.4 is 32.3 Å². The van der Waals surface area contributed by atoms with E-state index in [1.54, 1.807) is 65.8 Å². The molecule has 296 valence electrons. The lowest BCUT2D eigenvalue weighted by molar-refractivity contribution is -0.133. The second-order valence-corrected chi connectivity index (χ2v) is 15.0. The van der Waals surface area contributed by atoms with Crippen molar-refractivity contribution in [3.63, 3.8) is 0 Å². The van der Waals surface area contributed by atoms with E-state index in [0.29, 0.717) is 11.1 Å². The highest BCUT2D eigenvalue weighted by atomic mass is 16.6. The van der Waals surface area contributed by atoms with Gasteiger partial charge in [0.25, 0.3) is 0 Å². The molecule has 17 nitrogen and oxygen atoms in total. The second-order valence-electron chi connectivity index (χ2n) is 15.0. The van der Waals surface area contributed by atoms with Crippen LogP contribution in [0.5, 0.6) is 11.5 Å². The third-order valence-corrected chi connectivity index (χ3v) is 8.42. The zero-order valence-corrected chi connectivity index (χ0v) is 31.6. The first-order valence-corrected chi connectivity index (χ1v) is 17.7. The number of hydrogen-bond donors (Lipinski definition) is 9. The molecule has 2 aromatic carbocycles. The topological polar surface area (TPSA) is 262 Å². The number of nitrogens with two attached hydrogens (primary N) is 1. The molecule has 3 atom stereocenters. The Hall–Kier alpha value is -5.58. The number of alkyl carbamates (subject to hydrolysis) is 1. The van der Waals surface area contributed by atoms with Crippen LogP contribution in [-0.4, -0.2) is 111 Å². The van der Waals surface area contributed by atoms with Gasteiger partial charge in [-0.25, -0.2) is 9.59 Å². The average molecular weight is 756 g/mol. The molecule has 1 aliphatic heterocycles. The SMILES string of the molecule is CC(C)(C)OC(=O)N[C@H]1Cc2cc(ccc2O)-c2ccc(O)c(c2)C[C@@H](C(=O)NCC(=O)NCCN)NC(=O)[C@H](CCCN(C(=O)O)C(C)(C)C)NC1=O. The Kier molecular flexibility index (Phi) is 14.6. The molecule has 0 aliphatic carbocycles. The molecule has 0 saturated heterocycles. The molecule has 17 heteroatoms. The average Bonchev–Trinajstić information content (AvgIpc) is 3.06. The van der Waals surface area contributed by atoms with Gasteiger partial charge in [-0.2, -0.15) is 0 Å². The van der Waals surface area contributed by atoms with E-state index in [1.165, 1.54) is 17.0 Å². The van der Waals surface area contributed by atoms with E-state index in [-0.39, 0.29) is 67.9 Å². The Bertz CT molecular complexity index is 1700. The van der Waals surface area contributed by atoms with Crippen molar-refractivity contribution in [2.75, 3.05) is 26.2 Å². The largest absolute Gasteiger partial charge is 0.508 e. The molecule has 10 N–H and O–H groups in total. The van der Waals surface area contributed by atoms with Gasteiger partial charge in [-0.1, -0.05) is 12.1 Å². The minimum Gasteiger partial charge on any atom is -0.508 e. The summed E-state index contributed by atoms with van der Waals surface area (Å²) in [7, 11) is 0. The predicted molar refractivity (Wildman–Crippen MR) is 198 cm³/mol. The number of aromatic hydroxyl groups is 2. The fraction of sp³-hybridized carbons (Fsp3) is 0.514. The van der Waals surface area contributed by atoms with Crippen molar-refractivity contribution >= 4 is 35.8 Å². The predicted octanol–water partition coefficient (Wildman–Crippen LogP) is 1.48. The van der Waals surface area contributed by atoms with E-state index < -0.39 is 71.6 Å². The summed E-state index contributed by atoms with van der Waals surface area (Å²) in [5.74, 6) is -3.33. The lowest BCUT2D eigenvalue weighted by Gasteiger charge is -2.33. The molecule has 6 amide bonds. The number of nitrogens with zero attached hydrogens (tertiary/aromatic N) is 1. The van der Waals surface area contributed by atoms with Gasteiger partial charge in [-0.3, -0.25) is 19.2 Å². The zero-order valence-electron chi connectivity index (χ0n) is 31.6. The number of carbonyl (C=O) groups excluding carboxylic acids is 5. The Labute approximate surface area is 314 Å². The smallest absolute Gasteiger partial charge is 0.408 e. The van der Waals surface area contributed by atoms with Gasteiger partial charge in [-0.05, 0) is 101 Å². The summed E-state index contributed by atoms with van der Waals surface area (Å²) in [5, 5.41) is 44.4. The van der Waals surface area contributed by atoms with Crippen molar-refractivity contribution in [1.82, 2.24) is 31.5 Å². The molecule has 0 radical (unpaired) electrons. The summed E-state index contributed by atoms with van der Waals surface area (Å²) in [6.45, 7) is 9.95. The van der Waals surface area contributed by atoms with Gasteiger partial charge in [0.2, 0.25) is 23.6 Å². The maximum atomic E-state index is 14.1. The van der Waals surface area contributed by atoms with E-state index in [0.717, 1.165) is 0 Å². The number of phenols is 2. The van der Waals surface area contributed by atoms with Crippen LogP contribution in [0.2, 0.25) is 0 Å². The van der Waals surface area contributed by atoms with Crippen molar-refractivity contribution in [2.24, 2.45) is 5.73 Å². The molecule has 54 heavy (non-hydrogen) atoms. The number of ether oxygens (including phenoxy) is 1. The standard InChI is InChI=1S/C37H53N7O10/c1-36(2,3)44(35(52)53)15-7-8-25-32(49)42-26(31(48)40-20-30(47)39-14-13-38)18-23-16-21(9-11-28(23)45)22-10-12-29(46)24(17-22)19-27(33(50)41-25)43-34(51)54-37(4,5)6/h9-12,16-17,25-27,45-46H,7-8,13-15,18-20,38H2,1-6H3,(H,39,47)(H,40,48)(H,41,50)(H,42,49)(H,43,51)(H,52,53)/t25-,26-,27-/m0/s1. The maximum absolute atomic E-state index is 14.1. The highest BCUT2D eigenvalue weighted by molar-refractivity contribution is 5.95. The van der Waals surface area contributed by atoms with Crippen molar-refractivity contribution < 1.29 is 48.8 Å². The van der Waals surface area contributed by atoms with Gasteiger partial charge in [-0.15, -0.1) is 0 Å². The lowest BCUT2D eigenvalue weighted by atomic mass is 9.95. The van der Waals surface area contributed by atoms with Gasteiger partial charge in [0, 0.05) is 38.0 Å². The van der Waals surface area contributed by atoms with Crippen LogP contribution in [0, 0.1) is 0 Å². The quantitative estimate of drug-likeness (QED) is 0.168. The maximum Gasteiger partial charge on any atom is 0.408 e. The zero-order chi connectivity index (χ0) is 40.4. The summed E-state index contributed by atoms with van der Waals surface area (Å²) in [4.78, 5) is 80.2. The van der Waals surface area contributed by atoms with Crippen molar-refractivity contribution in [1.29, 1.82) is 0 Å². The van der Waals surface area contributed by atoms with Crippen LogP contribution in [0.3, 0.4) is 0 Å². The van der Waals surface area contributed by atoms with Crippen LogP contribution in [0.1, 0.15) is 65.5 Å². The molecule has 1 aliphatic rings. The first-order chi connectivity index (χ1) is 25.2. The number of nitrogens with one attached hydrogen (secondary N) is 5. The molecule has 0 unspecified atom stereocenters. The monoisotopic (exact) mass is 755 g/mol. The highest BCUT2D eigenvalue weighted by Crippen LogP contribution is 2.31. The molecule has 2 aromatic rings. The Balaban J connectivity index is 2.12. The van der Waals surface area contributed by atoms with Crippen LogP contribution in [0.25, 0.3) is 11.1 Å². The normalized spacial score (nSPS) is 17.8. The van der Waals surface area contributed by atoms with Crippen molar-refractivity contribution in [2.45, 2.75) is 96.5 Å². The number of fused-ring (bicyclic) bond motifs is 5. The van der Waals surface area contributed by atoms with E-state index in [9.17, 15) is 44.1 Å². The highest BCUT2D eigenvalue weighted by Gasteiger charge is 2.33. The Morgan fingerprint density at radius 2 is 1.48 bits per heavy atom. The first-order valence-electron chi connectivity index (χ1n) is 17.7. The second kappa shape index (κ2) is 18.4. The van der Waals surface area contributed by atoms with Gasteiger partial charge in [0.05, 0.1) is 6.54 Å². The van der Waals surface area contributed by atoms with Crippen LogP contribution >= 0.6 is 0 Å². The molecule has 0 saturated carbocycles. The van der Waals surface area contributed by atoms with E-state index in [4.69, 9.17) is 10.5 Å². The van der Waals surface area contributed by atoms with E-state index in [2.05, 4.69) is 26.6 Å². The fourth-order valence-corrected chi connectivity index (χ4v) is 5.71. The van der Waals surface area contributed by atoms with Gasteiger partial charge >= 0.3 is 12.2 Å². The molecule has 0 spiro atoms. The summed E-state index contributed by atoms with van der Waals surface area (Å²) in [6.07, 6.45) is -2.61. The molecular formula is C37H53N7O10. The number of hydrogen-bond acceptors (Lipinski definition) is 10. The van der Waals surface area contributed by atoms with E-state index >= 15 is 0 Å². The van der Waals surface area contributed by atoms with Crippen LogP contribution in [-0.2, 0) is 36.8 Å². The summed E-state index contributed by atoms with van der Waals surface area (Å²) >= 11 is 0. The Morgan fingerprint density at radius 3 is 2.02 bits per heavy atom. The molecular weight excluding hydrogens is 702 g/mol. The molecule has 0 fully saturated rings. The third kappa shape index (κ3) is 12.8. The van der Waals surface area contributed by atoms with Gasteiger partial charge in [0.1, 0.15) is 35.2 Å². The number of phenolic OH excluding ortho intramolecular Hbond substituents is 2. The van der Waals surface area contributed by atoms with Crippen molar-refractivity contribution in [3.8, 4) is 22.6 Å². The van der Waals surface area contributed by atoms with Gasteiger partial charge in [0.15, 0.2) is 0 Å². The third-order valence-electron chi connectivity index (χ3n) is 8.42. The molecule has 0 aromatic heterocycles. The fourth-order valence-electron chi connectivity index (χ4n) is 5.71. The molecule has 4 bridgehead atoms. The number of amides is 6. The minimum atomic E-state index is -1.38. The molecule has 1 heterocycles. The first kappa shape index (κ1) is 42.8. The number of carbonyl (C=O) groups is 6. The van der Waals surface area contributed by atoms with Crippen LogP contribution in [0.15, 0.2) is 36.4 Å². The number of carboxylic acid groups (broad SMARTS) is 1. The summed E-state index contributed by atoms with van der Waals surface area (Å²) in [6, 6.07) is 5.15. The summed E-state index contributed by atoms with van der Waals surface area (Å²) in [5.41, 5.74) is 5.39. The lowest BCUT2D eigenvalue weighted by Crippen LogP contribution is -2.58. The molecule has 3 rings (SSSR count). The number of benzene rings is 2. The van der Waals surface area contributed by atoms with Crippen molar-refractivity contribution in [3.05, 3.63) is 47.5 Å². The Morgan fingerprint density at radius 1 is 0.889 bits per heavy atom. The summed E-state index contributed by atoms with van der Waals surface area (Å²) < 4.78 is 5.40. The minimum absolute atomic E-state index is 0.0127.